The molecule has 4 heterocycles. The topological polar surface area (TPSA) is 85.8 Å². The summed E-state index contributed by atoms with van der Waals surface area (Å²) in [6.07, 6.45) is 5.68. The average Bonchev–Trinajstić information content (AvgIpc) is 3.33. The van der Waals surface area contributed by atoms with E-state index in [0.717, 1.165) is 57.0 Å². The fourth-order valence-electron chi connectivity index (χ4n) is 4.81. The zero-order valence-electron chi connectivity index (χ0n) is 20.8. The molecule has 2 aromatic heterocycles. The normalized spacial score (nSPS) is 16.6. The summed E-state index contributed by atoms with van der Waals surface area (Å²) >= 11 is 0. The Hall–Kier alpha value is -3.00. The molecule has 1 fully saturated rings. The lowest BCUT2D eigenvalue weighted by atomic mass is 9.98. The van der Waals surface area contributed by atoms with Crippen molar-refractivity contribution < 1.29 is 4.79 Å². The average molecular weight is 464 g/mol. The largest absolute Gasteiger partial charge is 0.354 e. The van der Waals surface area contributed by atoms with E-state index in [0.29, 0.717) is 24.5 Å². The zero-order valence-corrected chi connectivity index (χ0v) is 20.8. The summed E-state index contributed by atoms with van der Waals surface area (Å²) < 4.78 is 0. The maximum atomic E-state index is 12.7. The molecule has 2 aromatic rings. The van der Waals surface area contributed by atoms with Gasteiger partial charge in [0.25, 0.3) is 0 Å². The molecule has 0 atom stereocenters. The van der Waals surface area contributed by atoms with Crippen LogP contribution in [0.4, 0.5) is 4.79 Å². The van der Waals surface area contributed by atoms with Crippen molar-refractivity contribution in [3.8, 4) is 0 Å². The summed E-state index contributed by atoms with van der Waals surface area (Å²) in [5.74, 6) is 1.01. The minimum atomic E-state index is -0.0685. The van der Waals surface area contributed by atoms with E-state index in [-0.39, 0.29) is 6.03 Å². The maximum absolute atomic E-state index is 12.7. The van der Waals surface area contributed by atoms with Gasteiger partial charge in [-0.25, -0.2) is 4.79 Å². The minimum absolute atomic E-state index is 0.0685. The molecule has 0 aliphatic carbocycles. The number of nitrogens with zero attached hydrogens (tertiary/aromatic N) is 5. The number of urea groups is 1. The molecule has 1 saturated heterocycles. The van der Waals surface area contributed by atoms with Gasteiger partial charge in [0.15, 0.2) is 5.96 Å². The molecule has 0 unspecified atom stereocenters. The van der Waals surface area contributed by atoms with Gasteiger partial charge in [0, 0.05) is 51.2 Å². The quantitative estimate of drug-likeness (QED) is 0.686. The van der Waals surface area contributed by atoms with Crippen molar-refractivity contribution in [3.63, 3.8) is 0 Å². The van der Waals surface area contributed by atoms with Crippen molar-refractivity contribution in [2.45, 2.75) is 65.6 Å². The lowest BCUT2D eigenvalue weighted by Crippen LogP contribution is -2.51. The Morgan fingerprint density at radius 2 is 1.97 bits per heavy atom. The number of nitrogens with one attached hydrogen (secondary N) is 2. The molecule has 0 aromatic carbocycles. The molecule has 8 nitrogen and oxygen atoms in total. The third-order valence-corrected chi connectivity index (χ3v) is 6.74. The summed E-state index contributed by atoms with van der Waals surface area (Å²) in [7, 11) is 0. The molecular weight excluding hydrogens is 426 g/mol. The first-order valence-electron chi connectivity index (χ1n) is 12.3. The van der Waals surface area contributed by atoms with Crippen molar-refractivity contribution in [1.29, 1.82) is 0 Å². The Morgan fingerprint density at radius 1 is 1.21 bits per heavy atom. The monoisotopic (exact) mass is 463 g/mol. The highest BCUT2D eigenvalue weighted by Gasteiger charge is 2.29. The van der Waals surface area contributed by atoms with Crippen molar-refractivity contribution in [1.82, 2.24) is 30.4 Å². The van der Waals surface area contributed by atoms with Crippen LogP contribution in [-0.4, -0.2) is 64.0 Å². The molecule has 2 N–H and O–H groups in total. The van der Waals surface area contributed by atoms with E-state index in [1.807, 2.05) is 23.4 Å². The van der Waals surface area contributed by atoms with Gasteiger partial charge in [-0.15, -0.1) is 0 Å². The number of carbonyl (C=O) groups excluding carboxylic acids is 1. The highest BCUT2D eigenvalue weighted by molar-refractivity contribution is 5.96. The van der Waals surface area contributed by atoms with Gasteiger partial charge in [-0.05, 0) is 55.4 Å². The summed E-state index contributed by atoms with van der Waals surface area (Å²) in [5.41, 5.74) is 5.94. The molecule has 0 bridgehead atoms. The lowest BCUT2D eigenvalue weighted by molar-refractivity contribution is 0.104. The van der Waals surface area contributed by atoms with Gasteiger partial charge in [0.2, 0.25) is 0 Å². The van der Waals surface area contributed by atoms with Crippen LogP contribution in [0.3, 0.4) is 0 Å². The number of guanidine groups is 1. The fourth-order valence-corrected chi connectivity index (χ4v) is 4.81. The Kier molecular flexibility index (Phi) is 7.77. The van der Waals surface area contributed by atoms with Crippen LogP contribution >= 0.6 is 0 Å². The summed E-state index contributed by atoms with van der Waals surface area (Å²) in [4.78, 5) is 30.9. The third-order valence-electron chi connectivity index (χ3n) is 6.74. The molecule has 8 heteroatoms. The van der Waals surface area contributed by atoms with Crippen molar-refractivity contribution in [2.75, 3.05) is 26.2 Å². The number of amides is 2. The van der Waals surface area contributed by atoms with Gasteiger partial charge in [0.05, 0.1) is 17.9 Å². The number of pyridine rings is 2. The van der Waals surface area contributed by atoms with E-state index in [1.54, 1.807) is 0 Å². The molecule has 0 spiro atoms. The molecule has 0 saturated carbocycles. The van der Waals surface area contributed by atoms with Crippen LogP contribution in [0.1, 0.15) is 60.7 Å². The summed E-state index contributed by atoms with van der Waals surface area (Å²) in [6.45, 7) is 13.2. The Bertz CT molecular complexity index is 1030. The number of hydrogen-bond acceptors (Lipinski definition) is 6. The lowest BCUT2D eigenvalue weighted by Gasteiger charge is -2.38. The SMILES string of the molecule is Cc1cnc(CN(Cc2ncccc2C(C)C)C2CCN(C(=O)NC3=NCCN3)CC2)c(C)c1. The Morgan fingerprint density at radius 3 is 2.65 bits per heavy atom. The van der Waals surface area contributed by atoms with E-state index >= 15 is 0 Å². The van der Waals surface area contributed by atoms with Gasteiger partial charge < -0.3 is 10.2 Å². The van der Waals surface area contributed by atoms with Crippen molar-refractivity contribution in [3.05, 3.63) is 58.7 Å². The number of aromatic nitrogens is 2. The van der Waals surface area contributed by atoms with Gasteiger partial charge in [-0.1, -0.05) is 26.0 Å². The van der Waals surface area contributed by atoms with E-state index in [1.165, 1.54) is 16.7 Å². The molecule has 4 rings (SSSR count). The van der Waals surface area contributed by atoms with Crippen LogP contribution in [0.15, 0.2) is 35.6 Å². The predicted molar refractivity (Wildman–Crippen MR) is 135 cm³/mol. The second-order valence-corrected chi connectivity index (χ2v) is 9.68. The van der Waals surface area contributed by atoms with Gasteiger partial charge >= 0.3 is 6.03 Å². The van der Waals surface area contributed by atoms with E-state index in [4.69, 9.17) is 9.97 Å². The summed E-state index contributed by atoms with van der Waals surface area (Å²) in [5, 5.41) is 6.00. The number of piperidine rings is 1. The standard InChI is InChI=1S/C26H37N7O/c1-18(2)22-6-5-9-27-24(22)17-33(16-23-20(4)14-19(3)15-30-23)21-7-12-32(13-8-21)26(34)31-25-28-10-11-29-25/h5-6,9,14-15,18,21H,7-8,10-13,16-17H2,1-4H3,(H2,28,29,31,34). The van der Waals surface area contributed by atoms with Crippen LogP contribution in [0.5, 0.6) is 0 Å². The number of aryl methyl sites for hydroxylation is 2. The highest BCUT2D eigenvalue weighted by atomic mass is 16.2. The Balaban J connectivity index is 1.48. The molecule has 2 aliphatic heterocycles. The highest BCUT2D eigenvalue weighted by Crippen LogP contribution is 2.25. The van der Waals surface area contributed by atoms with Crippen LogP contribution in [-0.2, 0) is 13.1 Å². The fraction of sp³-hybridized carbons (Fsp3) is 0.538. The summed E-state index contributed by atoms with van der Waals surface area (Å²) in [6, 6.07) is 6.70. The van der Waals surface area contributed by atoms with Crippen molar-refractivity contribution in [2.24, 2.45) is 4.99 Å². The first-order chi connectivity index (χ1) is 16.4. The molecule has 182 valence electrons. The predicted octanol–water partition coefficient (Wildman–Crippen LogP) is 3.35. The molecule has 34 heavy (non-hydrogen) atoms. The molecule has 0 radical (unpaired) electrons. The number of rotatable bonds is 6. The van der Waals surface area contributed by atoms with Gasteiger partial charge in [0.1, 0.15) is 0 Å². The van der Waals surface area contributed by atoms with E-state index in [9.17, 15) is 4.79 Å². The number of carbonyl (C=O) groups is 1. The molecule has 2 amide bonds. The van der Waals surface area contributed by atoms with Crippen molar-refractivity contribution >= 4 is 12.0 Å². The second kappa shape index (κ2) is 11.0. The van der Waals surface area contributed by atoms with Crippen LogP contribution in [0, 0.1) is 13.8 Å². The van der Waals surface area contributed by atoms with Crippen LogP contribution < -0.4 is 10.6 Å². The van der Waals surface area contributed by atoms with Gasteiger partial charge in [-0.2, -0.15) is 0 Å². The minimum Gasteiger partial charge on any atom is -0.354 e. The maximum Gasteiger partial charge on any atom is 0.324 e. The van der Waals surface area contributed by atoms with E-state index < -0.39 is 0 Å². The second-order valence-electron chi connectivity index (χ2n) is 9.68. The number of aliphatic imine (C=N–C) groups is 1. The smallest absolute Gasteiger partial charge is 0.324 e. The van der Waals surface area contributed by atoms with Crippen LogP contribution in [0.2, 0.25) is 0 Å². The zero-order chi connectivity index (χ0) is 24.1. The first-order valence-corrected chi connectivity index (χ1v) is 12.3. The molecule has 2 aliphatic rings. The Labute approximate surface area is 202 Å². The molecular formula is C26H37N7O. The number of hydrogen-bond donors (Lipinski definition) is 2. The van der Waals surface area contributed by atoms with Crippen LogP contribution in [0.25, 0.3) is 0 Å². The number of likely N-dealkylation sites (tertiary alicyclic amines) is 1. The third kappa shape index (κ3) is 5.91. The van der Waals surface area contributed by atoms with Gasteiger partial charge in [-0.3, -0.25) is 25.2 Å². The van der Waals surface area contributed by atoms with E-state index in [2.05, 4.69) is 60.4 Å². The first kappa shape index (κ1) is 24.1.